The van der Waals surface area contributed by atoms with E-state index in [1.807, 2.05) is 37.3 Å². The lowest BCUT2D eigenvalue weighted by Gasteiger charge is -2.11. The van der Waals surface area contributed by atoms with Crippen LogP contribution in [0.25, 0.3) is 10.8 Å². The van der Waals surface area contributed by atoms with E-state index in [9.17, 15) is 14.4 Å². The Balaban J connectivity index is 1.46. The molecule has 38 heavy (non-hydrogen) atoms. The molecule has 0 aliphatic rings. The molecule has 0 saturated heterocycles. The number of hydrogen-bond acceptors (Lipinski definition) is 6. The van der Waals surface area contributed by atoms with E-state index in [-0.39, 0.29) is 12.3 Å². The smallest absolute Gasteiger partial charge is 0.343 e. The number of hydrogen-bond donors (Lipinski definition) is 2. The van der Waals surface area contributed by atoms with Crippen molar-refractivity contribution in [2.45, 2.75) is 6.92 Å². The van der Waals surface area contributed by atoms with Crippen LogP contribution in [0.4, 0.5) is 0 Å². The topological polar surface area (TPSA) is 106 Å². The average molecular weight is 530 g/mol. The number of esters is 1. The highest BCUT2D eigenvalue weighted by atomic mass is 35.5. The van der Waals surface area contributed by atoms with Crippen molar-refractivity contribution in [2.75, 3.05) is 13.2 Å². The highest BCUT2D eigenvalue weighted by Gasteiger charge is 2.14. The molecule has 0 aromatic heterocycles. The summed E-state index contributed by atoms with van der Waals surface area (Å²) in [5.41, 5.74) is 3.58. The molecule has 0 heterocycles. The first-order valence-corrected chi connectivity index (χ1v) is 12.1. The quantitative estimate of drug-likeness (QED) is 0.137. The minimum atomic E-state index is -0.550. The lowest BCUT2D eigenvalue weighted by molar-refractivity contribution is -0.120. The van der Waals surface area contributed by atoms with E-state index in [1.54, 1.807) is 48.5 Å². The second-order valence-corrected chi connectivity index (χ2v) is 8.47. The summed E-state index contributed by atoms with van der Waals surface area (Å²) in [7, 11) is 0. The van der Waals surface area contributed by atoms with Gasteiger partial charge in [0, 0.05) is 16.1 Å². The van der Waals surface area contributed by atoms with E-state index >= 15 is 0 Å². The molecule has 4 rings (SSSR count). The molecule has 0 unspecified atom stereocenters. The van der Waals surface area contributed by atoms with Gasteiger partial charge in [-0.1, -0.05) is 48.0 Å². The number of hydrazone groups is 1. The number of amides is 2. The maximum atomic E-state index is 12.8. The Morgan fingerprint density at radius 2 is 1.71 bits per heavy atom. The molecule has 0 fully saturated rings. The van der Waals surface area contributed by atoms with Crippen molar-refractivity contribution in [3.8, 4) is 11.5 Å². The Morgan fingerprint density at radius 1 is 0.921 bits per heavy atom. The van der Waals surface area contributed by atoms with Crippen LogP contribution in [0.5, 0.6) is 11.5 Å². The van der Waals surface area contributed by atoms with Crippen molar-refractivity contribution in [1.29, 1.82) is 0 Å². The van der Waals surface area contributed by atoms with Gasteiger partial charge in [0.2, 0.25) is 0 Å². The second-order valence-electron chi connectivity index (χ2n) is 8.03. The van der Waals surface area contributed by atoms with Crippen LogP contribution in [0.3, 0.4) is 0 Å². The zero-order valence-electron chi connectivity index (χ0n) is 20.4. The van der Waals surface area contributed by atoms with Gasteiger partial charge >= 0.3 is 5.97 Å². The third kappa shape index (κ3) is 6.74. The monoisotopic (exact) mass is 529 g/mol. The summed E-state index contributed by atoms with van der Waals surface area (Å²) in [6.45, 7) is 2.11. The highest BCUT2D eigenvalue weighted by molar-refractivity contribution is 6.31. The van der Waals surface area contributed by atoms with Crippen molar-refractivity contribution in [3.63, 3.8) is 0 Å². The van der Waals surface area contributed by atoms with Crippen molar-refractivity contribution < 1.29 is 23.9 Å². The number of rotatable bonds is 9. The van der Waals surface area contributed by atoms with Crippen LogP contribution in [0.1, 0.15) is 33.2 Å². The van der Waals surface area contributed by atoms with Crippen molar-refractivity contribution in [3.05, 3.63) is 107 Å². The van der Waals surface area contributed by atoms with Gasteiger partial charge in [-0.2, -0.15) is 5.10 Å². The predicted molar refractivity (Wildman–Crippen MR) is 146 cm³/mol. The maximum Gasteiger partial charge on any atom is 0.343 e. The molecule has 0 aliphatic heterocycles. The van der Waals surface area contributed by atoms with Crippen LogP contribution in [0.2, 0.25) is 5.02 Å². The molecule has 4 aromatic carbocycles. The number of ether oxygens (including phenoxy) is 2. The number of nitrogens with one attached hydrogen (secondary N) is 2. The summed E-state index contributed by atoms with van der Waals surface area (Å²) < 4.78 is 11.1. The maximum absolute atomic E-state index is 12.8. The van der Waals surface area contributed by atoms with Crippen LogP contribution in [0, 0.1) is 0 Å². The summed E-state index contributed by atoms with van der Waals surface area (Å²) in [5.74, 6) is -0.600. The Labute approximate surface area is 224 Å². The minimum absolute atomic E-state index is 0.273. The van der Waals surface area contributed by atoms with E-state index < -0.39 is 17.8 Å². The molecule has 4 aromatic rings. The molecule has 0 bridgehead atoms. The van der Waals surface area contributed by atoms with Gasteiger partial charge in [-0.05, 0) is 66.2 Å². The molecule has 0 aliphatic carbocycles. The Morgan fingerprint density at radius 3 is 2.47 bits per heavy atom. The van der Waals surface area contributed by atoms with Crippen LogP contribution in [-0.4, -0.2) is 37.1 Å². The molecule has 0 radical (unpaired) electrons. The summed E-state index contributed by atoms with van der Waals surface area (Å²) in [6, 6.07) is 24.0. The Hall–Kier alpha value is -4.69. The lowest BCUT2D eigenvalue weighted by Crippen LogP contribution is -2.34. The molecule has 0 atom stereocenters. The Kier molecular flexibility index (Phi) is 8.69. The van der Waals surface area contributed by atoms with E-state index in [2.05, 4.69) is 15.8 Å². The summed E-state index contributed by atoms with van der Waals surface area (Å²) in [4.78, 5) is 37.3. The first-order valence-electron chi connectivity index (χ1n) is 11.8. The molecular formula is C29H24ClN3O5. The summed E-state index contributed by atoms with van der Waals surface area (Å²) in [5, 5.41) is 8.62. The number of nitrogens with zero attached hydrogens (tertiary/aromatic N) is 1. The summed E-state index contributed by atoms with van der Waals surface area (Å²) in [6.07, 6.45) is 1.40. The van der Waals surface area contributed by atoms with Gasteiger partial charge in [-0.3, -0.25) is 9.59 Å². The molecule has 0 spiro atoms. The highest BCUT2D eigenvalue weighted by Crippen LogP contribution is 2.27. The largest absolute Gasteiger partial charge is 0.494 e. The van der Waals surface area contributed by atoms with E-state index in [1.165, 1.54) is 12.3 Å². The molecule has 0 saturated carbocycles. The Bertz CT molecular complexity index is 1500. The third-order valence-electron chi connectivity index (χ3n) is 5.41. The van der Waals surface area contributed by atoms with Gasteiger partial charge in [0.1, 0.15) is 11.5 Å². The zero-order valence-corrected chi connectivity index (χ0v) is 21.2. The number of benzene rings is 4. The number of fused-ring (bicyclic) bond motifs is 1. The van der Waals surface area contributed by atoms with Crippen LogP contribution < -0.4 is 20.2 Å². The molecule has 2 N–H and O–H groups in total. The van der Waals surface area contributed by atoms with Gasteiger partial charge < -0.3 is 14.8 Å². The van der Waals surface area contributed by atoms with Gasteiger partial charge in [-0.25, -0.2) is 10.2 Å². The van der Waals surface area contributed by atoms with Crippen LogP contribution in [0.15, 0.2) is 90.0 Å². The lowest BCUT2D eigenvalue weighted by atomic mass is 10.0. The van der Waals surface area contributed by atoms with E-state index in [0.29, 0.717) is 34.1 Å². The second kappa shape index (κ2) is 12.5. The summed E-state index contributed by atoms with van der Waals surface area (Å²) >= 11 is 5.90. The molecule has 192 valence electrons. The molecular weight excluding hydrogens is 506 g/mol. The van der Waals surface area contributed by atoms with Gasteiger partial charge in [0.25, 0.3) is 11.8 Å². The normalized spacial score (nSPS) is 10.8. The zero-order chi connectivity index (χ0) is 26.9. The number of carbonyl (C=O) groups is 3. The number of carbonyl (C=O) groups excluding carboxylic acids is 3. The van der Waals surface area contributed by atoms with Gasteiger partial charge in [0.15, 0.2) is 0 Å². The predicted octanol–water partition coefficient (Wildman–Crippen LogP) is 4.99. The average Bonchev–Trinajstić information content (AvgIpc) is 2.93. The van der Waals surface area contributed by atoms with Gasteiger partial charge in [0.05, 0.1) is 24.9 Å². The van der Waals surface area contributed by atoms with E-state index in [4.69, 9.17) is 21.1 Å². The fourth-order valence-electron chi connectivity index (χ4n) is 3.61. The standard InChI is InChI=1S/C29H24ClN3O5/c1-2-37-23-13-10-20(11-14-23)29(36)38-26-15-12-19-6-3-4-9-24(19)25(26)17-32-33-27(34)18-31-28(35)21-7-5-8-22(30)16-21/h3-17H,2,18H2,1H3,(H,31,35)(H,33,34). The van der Waals surface area contributed by atoms with Crippen LogP contribution >= 0.6 is 11.6 Å². The fourth-order valence-corrected chi connectivity index (χ4v) is 3.80. The SMILES string of the molecule is CCOc1ccc(C(=O)Oc2ccc3ccccc3c2C=NNC(=O)CNC(=O)c2cccc(Cl)c2)cc1. The molecule has 8 nitrogen and oxygen atoms in total. The number of halogens is 1. The molecule has 2 amide bonds. The van der Waals surface area contributed by atoms with Crippen LogP contribution in [-0.2, 0) is 4.79 Å². The first-order chi connectivity index (χ1) is 18.4. The fraction of sp³-hybridized carbons (Fsp3) is 0.103. The van der Waals surface area contributed by atoms with E-state index in [0.717, 1.165) is 10.8 Å². The molecule has 9 heteroatoms. The van der Waals surface area contributed by atoms with Crippen molar-refractivity contribution >= 4 is 46.4 Å². The van der Waals surface area contributed by atoms with Gasteiger partial charge in [-0.15, -0.1) is 0 Å². The minimum Gasteiger partial charge on any atom is -0.494 e. The van der Waals surface area contributed by atoms with Crippen molar-refractivity contribution in [1.82, 2.24) is 10.7 Å². The van der Waals surface area contributed by atoms with Crippen molar-refractivity contribution in [2.24, 2.45) is 5.10 Å². The third-order valence-corrected chi connectivity index (χ3v) is 5.65. The first kappa shape index (κ1) is 26.4.